The molecule has 3 aromatic carbocycles. The first-order chi connectivity index (χ1) is 15.0. The van der Waals surface area contributed by atoms with Crippen LogP contribution in [0.25, 0.3) is 5.69 Å². The molecular formula is C25H24N4OS. The number of nitrogens with zero attached hydrogens (tertiary/aromatic N) is 3. The van der Waals surface area contributed by atoms with Crippen LogP contribution in [-0.2, 0) is 4.79 Å². The van der Waals surface area contributed by atoms with Crippen molar-refractivity contribution in [1.29, 1.82) is 0 Å². The van der Waals surface area contributed by atoms with Gasteiger partial charge in [0, 0.05) is 11.4 Å². The largest absolute Gasteiger partial charge is 0.325 e. The molecular weight excluding hydrogens is 404 g/mol. The van der Waals surface area contributed by atoms with Crippen LogP contribution in [0.5, 0.6) is 0 Å². The Kier molecular flexibility index (Phi) is 6.18. The normalized spacial score (nSPS) is 11.8. The number of hydrogen-bond donors (Lipinski definition) is 1. The van der Waals surface area contributed by atoms with Crippen LogP contribution in [0.3, 0.4) is 0 Å². The lowest BCUT2D eigenvalue weighted by Crippen LogP contribution is -2.20. The summed E-state index contributed by atoms with van der Waals surface area (Å²) < 4.78 is 1.98. The number of nitrogens with one attached hydrogen (secondary N) is 1. The summed E-state index contributed by atoms with van der Waals surface area (Å²) in [7, 11) is 0. The van der Waals surface area contributed by atoms with Crippen molar-refractivity contribution >= 4 is 23.4 Å². The van der Waals surface area contributed by atoms with Crippen molar-refractivity contribution in [1.82, 2.24) is 14.8 Å². The van der Waals surface area contributed by atoms with Gasteiger partial charge in [-0.15, -0.1) is 10.2 Å². The fourth-order valence-corrected chi connectivity index (χ4v) is 4.47. The van der Waals surface area contributed by atoms with Gasteiger partial charge >= 0.3 is 0 Å². The average molecular weight is 429 g/mol. The molecule has 1 N–H and O–H groups in total. The van der Waals surface area contributed by atoms with E-state index in [0.29, 0.717) is 5.16 Å². The van der Waals surface area contributed by atoms with E-state index in [1.54, 1.807) is 0 Å². The molecule has 4 aromatic rings. The van der Waals surface area contributed by atoms with Crippen molar-refractivity contribution in [2.24, 2.45) is 0 Å². The number of amides is 1. The highest BCUT2D eigenvalue weighted by atomic mass is 32.2. The first-order valence-electron chi connectivity index (χ1n) is 10.1. The second kappa shape index (κ2) is 9.18. The van der Waals surface area contributed by atoms with E-state index in [0.717, 1.165) is 33.9 Å². The third-order valence-electron chi connectivity index (χ3n) is 5.02. The second-order valence-corrected chi connectivity index (χ2v) is 8.49. The number of para-hydroxylation sites is 1. The SMILES string of the molecule is Cc1ccc(C)c(NC(=O)[C@@H](Sc2nnc(C)n2-c2ccccc2)c2ccccc2)c1. The Bertz CT molecular complexity index is 1190. The second-order valence-electron chi connectivity index (χ2n) is 7.42. The lowest BCUT2D eigenvalue weighted by atomic mass is 10.1. The molecule has 5 nitrogen and oxygen atoms in total. The van der Waals surface area contributed by atoms with Gasteiger partial charge < -0.3 is 5.32 Å². The van der Waals surface area contributed by atoms with Gasteiger partial charge in [-0.25, -0.2) is 0 Å². The van der Waals surface area contributed by atoms with E-state index >= 15 is 0 Å². The summed E-state index contributed by atoms with van der Waals surface area (Å²) in [4.78, 5) is 13.4. The molecule has 0 spiro atoms. The molecule has 0 aliphatic heterocycles. The number of anilines is 1. The highest BCUT2D eigenvalue weighted by Crippen LogP contribution is 2.37. The standard InChI is InChI=1S/C25H24N4OS/c1-17-14-15-18(2)22(16-17)26-24(30)23(20-10-6-4-7-11-20)31-25-28-27-19(3)29(25)21-12-8-5-9-13-21/h4-16,23H,1-3H3,(H,26,30)/t23-/m0/s1. The lowest BCUT2D eigenvalue weighted by molar-refractivity contribution is -0.115. The molecule has 4 rings (SSSR count). The summed E-state index contributed by atoms with van der Waals surface area (Å²) in [6, 6.07) is 25.8. The molecule has 0 saturated carbocycles. The first-order valence-corrected chi connectivity index (χ1v) is 11.0. The predicted molar refractivity (Wildman–Crippen MR) is 126 cm³/mol. The highest BCUT2D eigenvalue weighted by Gasteiger charge is 2.26. The van der Waals surface area contributed by atoms with Gasteiger partial charge in [-0.05, 0) is 55.7 Å². The molecule has 0 aliphatic carbocycles. The van der Waals surface area contributed by atoms with Crippen molar-refractivity contribution in [3.8, 4) is 5.69 Å². The van der Waals surface area contributed by atoms with Crippen LogP contribution < -0.4 is 5.32 Å². The van der Waals surface area contributed by atoms with E-state index < -0.39 is 5.25 Å². The fourth-order valence-electron chi connectivity index (χ4n) is 3.37. The van der Waals surface area contributed by atoms with Crippen molar-refractivity contribution in [2.45, 2.75) is 31.2 Å². The number of aryl methyl sites for hydroxylation is 3. The zero-order valence-electron chi connectivity index (χ0n) is 17.7. The maximum absolute atomic E-state index is 13.4. The van der Waals surface area contributed by atoms with E-state index in [-0.39, 0.29) is 5.91 Å². The first kappa shape index (κ1) is 20.9. The number of hydrogen-bond acceptors (Lipinski definition) is 4. The maximum Gasteiger partial charge on any atom is 0.242 e. The quantitative estimate of drug-likeness (QED) is 0.402. The number of carbonyl (C=O) groups excluding carboxylic acids is 1. The van der Waals surface area contributed by atoms with Crippen molar-refractivity contribution in [3.63, 3.8) is 0 Å². The zero-order chi connectivity index (χ0) is 21.8. The summed E-state index contributed by atoms with van der Waals surface area (Å²) in [5.41, 5.74) is 4.83. The van der Waals surface area contributed by atoms with Crippen LogP contribution >= 0.6 is 11.8 Å². The topological polar surface area (TPSA) is 59.8 Å². The van der Waals surface area contributed by atoms with Crippen molar-refractivity contribution in [3.05, 3.63) is 101 Å². The summed E-state index contributed by atoms with van der Waals surface area (Å²) >= 11 is 1.40. The number of thioether (sulfide) groups is 1. The van der Waals surface area contributed by atoms with Gasteiger partial charge in [0.05, 0.1) is 0 Å². The minimum atomic E-state index is -0.479. The number of aromatic nitrogens is 3. The molecule has 0 fully saturated rings. The van der Waals surface area contributed by atoms with E-state index in [4.69, 9.17) is 0 Å². The van der Waals surface area contributed by atoms with Gasteiger partial charge in [-0.2, -0.15) is 0 Å². The summed E-state index contributed by atoms with van der Waals surface area (Å²) in [6.07, 6.45) is 0. The van der Waals surface area contributed by atoms with Gasteiger partial charge in [0.1, 0.15) is 11.1 Å². The Balaban J connectivity index is 1.69. The lowest BCUT2D eigenvalue weighted by Gasteiger charge is -2.18. The van der Waals surface area contributed by atoms with E-state index in [1.807, 2.05) is 104 Å². The molecule has 0 unspecified atom stereocenters. The molecule has 0 aliphatic rings. The van der Waals surface area contributed by atoms with Gasteiger partial charge in [0.2, 0.25) is 5.91 Å². The van der Waals surface area contributed by atoms with E-state index in [9.17, 15) is 4.79 Å². The van der Waals surface area contributed by atoms with Crippen LogP contribution in [0.4, 0.5) is 5.69 Å². The minimum Gasteiger partial charge on any atom is -0.325 e. The zero-order valence-corrected chi connectivity index (χ0v) is 18.6. The smallest absolute Gasteiger partial charge is 0.242 e. The number of benzene rings is 3. The predicted octanol–water partition coefficient (Wildman–Crippen LogP) is 5.66. The Morgan fingerprint density at radius 2 is 1.58 bits per heavy atom. The third kappa shape index (κ3) is 4.70. The van der Waals surface area contributed by atoms with E-state index in [1.165, 1.54) is 11.8 Å². The molecule has 31 heavy (non-hydrogen) atoms. The fraction of sp³-hybridized carbons (Fsp3) is 0.160. The molecule has 0 saturated heterocycles. The molecule has 1 heterocycles. The molecule has 1 amide bonds. The Labute approximate surface area is 186 Å². The Morgan fingerprint density at radius 3 is 2.29 bits per heavy atom. The Morgan fingerprint density at radius 1 is 0.903 bits per heavy atom. The van der Waals surface area contributed by atoms with Crippen molar-refractivity contribution in [2.75, 3.05) is 5.32 Å². The van der Waals surface area contributed by atoms with Crippen LogP contribution in [0.2, 0.25) is 0 Å². The Hall–Kier alpha value is -3.38. The molecule has 0 bridgehead atoms. The van der Waals surface area contributed by atoms with Crippen LogP contribution in [0.1, 0.15) is 27.8 Å². The molecule has 6 heteroatoms. The summed E-state index contributed by atoms with van der Waals surface area (Å²) in [5, 5.41) is 12.0. The monoisotopic (exact) mass is 428 g/mol. The molecule has 0 radical (unpaired) electrons. The maximum atomic E-state index is 13.4. The summed E-state index contributed by atoms with van der Waals surface area (Å²) in [6.45, 7) is 5.93. The average Bonchev–Trinajstić information content (AvgIpc) is 3.15. The van der Waals surface area contributed by atoms with Gasteiger partial charge in [-0.1, -0.05) is 72.4 Å². The number of carbonyl (C=O) groups is 1. The van der Waals surface area contributed by atoms with Crippen LogP contribution in [0, 0.1) is 20.8 Å². The van der Waals surface area contributed by atoms with Gasteiger partial charge in [0.15, 0.2) is 5.16 Å². The molecule has 156 valence electrons. The summed E-state index contributed by atoms with van der Waals surface area (Å²) in [5.74, 6) is 0.681. The van der Waals surface area contributed by atoms with Crippen LogP contribution in [0.15, 0.2) is 84.0 Å². The number of rotatable bonds is 6. The molecule has 1 aromatic heterocycles. The van der Waals surface area contributed by atoms with Gasteiger partial charge in [-0.3, -0.25) is 9.36 Å². The van der Waals surface area contributed by atoms with Crippen molar-refractivity contribution < 1.29 is 4.79 Å². The van der Waals surface area contributed by atoms with Crippen LogP contribution in [-0.4, -0.2) is 20.7 Å². The third-order valence-corrected chi connectivity index (χ3v) is 6.22. The minimum absolute atomic E-state index is 0.0924. The van der Waals surface area contributed by atoms with Gasteiger partial charge in [0.25, 0.3) is 0 Å². The molecule has 1 atom stereocenters. The highest BCUT2D eigenvalue weighted by molar-refractivity contribution is 8.00. The van der Waals surface area contributed by atoms with E-state index in [2.05, 4.69) is 15.5 Å².